The highest BCUT2D eigenvalue weighted by molar-refractivity contribution is 7.07. The molecule has 0 bridgehead atoms. The monoisotopic (exact) mass is 293 g/mol. The molecule has 1 aromatic rings. The summed E-state index contributed by atoms with van der Waals surface area (Å²) in [6.07, 6.45) is 0. The van der Waals surface area contributed by atoms with Crippen LogP contribution >= 0.6 is 11.3 Å². The highest BCUT2D eigenvalue weighted by Gasteiger charge is 2.43. The average Bonchev–Trinajstić information content (AvgIpc) is 3.11. The van der Waals surface area contributed by atoms with Crippen molar-refractivity contribution in [3.8, 4) is 0 Å². The Balaban J connectivity index is 1.61. The Hall–Kier alpha value is -1.43. The molecule has 3 rings (SSSR count). The molecule has 0 aromatic carbocycles. The van der Waals surface area contributed by atoms with Gasteiger partial charge in [-0.1, -0.05) is 13.8 Å². The van der Waals surface area contributed by atoms with Crippen molar-refractivity contribution < 1.29 is 9.59 Å². The van der Waals surface area contributed by atoms with Gasteiger partial charge in [-0.2, -0.15) is 0 Å². The predicted molar refractivity (Wildman–Crippen MR) is 76.4 cm³/mol. The van der Waals surface area contributed by atoms with Crippen LogP contribution < -0.4 is 0 Å². The molecule has 0 aliphatic carbocycles. The summed E-state index contributed by atoms with van der Waals surface area (Å²) in [5, 5.41) is 1.80. The quantitative estimate of drug-likeness (QED) is 0.826. The number of carbonyl (C=O) groups is 2. The first-order valence-electron chi connectivity index (χ1n) is 7.02. The first-order valence-corrected chi connectivity index (χ1v) is 7.96. The van der Waals surface area contributed by atoms with Crippen molar-refractivity contribution >= 4 is 23.2 Å². The molecule has 5 nitrogen and oxygen atoms in total. The van der Waals surface area contributed by atoms with Crippen molar-refractivity contribution in [1.29, 1.82) is 0 Å². The predicted octanol–water partition coefficient (Wildman–Crippen LogP) is 1.33. The molecule has 0 N–H and O–H groups in total. The Morgan fingerprint density at radius 3 is 2.30 bits per heavy atom. The molecule has 0 unspecified atom stereocenters. The number of fused-ring (bicyclic) bond motifs is 1. The molecule has 6 heteroatoms. The maximum atomic E-state index is 12.3. The van der Waals surface area contributed by atoms with Crippen LogP contribution in [-0.4, -0.2) is 52.8 Å². The van der Waals surface area contributed by atoms with Gasteiger partial charge in [-0.05, 0) is 0 Å². The first kappa shape index (κ1) is 13.5. The van der Waals surface area contributed by atoms with E-state index >= 15 is 0 Å². The zero-order chi connectivity index (χ0) is 14.3. The Kier molecular flexibility index (Phi) is 3.50. The van der Waals surface area contributed by atoms with Gasteiger partial charge in [0.25, 0.3) is 5.91 Å². The van der Waals surface area contributed by atoms with Crippen LogP contribution in [0.4, 0.5) is 0 Å². The topological polar surface area (TPSA) is 53.5 Å². The van der Waals surface area contributed by atoms with E-state index in [-0.39, 0.29) is 17.7 Å². The maximum Gasteiger partial charge on any atom is 0.273 e. The number of hydrogen-bond acceptors (Lipinski definition) is 4. The van der Waals surface area contributed by atoms with E-state index in [1.807, 2.05) is 23.6 Å². The summed E-state index contributed by atoms with van der Waals surface area (Å²) in [6.45, 7) is 6.97. The number of likely N-dealkylation sites (tertiary alicyclic amines) is 2. The number of hydrogen-bond donors (Lipinski definition) is 0. The number of nitrogens with zero attached hydrogens (tertiary/aromatic N) is 3. The highest BCUT2D eigenvalue weighted by atomic mass is 32.1. The standard InChI is InChI=1S/C14H19N3O2S/c1-9(2)13(18)16-3-10-5-17(6-11(10)4-16)14(19)12-7-20-8-15-12/h7-11H,3-6H2,1-2H3/t10-,11-/m1/s1. The fraction of sp³-hybridized carbons (Fsp3) is 0.643. The lowest BCUT2D eigenvalue weighted by molar-refractivity contribution is -0.133. The third kappa shape index (κ3) is 2.32. The first-order chi connectivity index (χ1) is 9.56. The molecule has 2 fully saturated rings. The lowest BCUT2D eigenvalue weighted by atomic mass is 10.0. The van der Waals surface area contributed by atoms with E-state index in [0.29, 0.717) is 17.5 Å². The Morgan fingerprint density at radius 2 is 1.80 bits per heavy atom. The molecule has 108 valence electrons. The minimum absolute atomic E-state index is 0.0300. The molecular formula is C14H19N3O2S. The van der Waals surface area contributed by atoms with Gasteiger partial charge in [0.2, 0.25) is 5.91 Å². The second-order valence-electron chi connectivity index (χ2n) is 6.00. The molecule has 2 atom stereocenters. The molecule has 3 heterocycles. The molecule has 2 aliphatic rings. The fourth-order valence-electron chi connectivity index (χ4n) is 3.18. The summed E-state index contributed by atoms with van der Waals surface area (Å²) in [4.78, 5) is 32.2. The van der Waals surface area contributed by atoms with E-state index in [0.717, 1.165) is 26.2 Å². The molecule has 2 amide bonds. The second-order valence-corrected chi connectivity index (χ2v) is 6.72. The molecule has 2 aliphatic heterocycles. The van der Waals surface area contributed by atoms with Gasteiger partial charge in [-0.15, -0.1) is 11.3 Å². The van der Waals surface area contributed by atoms with Crippen molar-refractivity contribution in [3.63, 3.8) is 0 Å². The van der Waals surface area contributed by atoms with E-state index in [2.05, 4.69) is 4.98 Å². The van der Waals surface area contributed by atoms with Crippen molar-refractivity contribution in [2.24, 2.45) is 17.8 Å². The number of aromatic nitrogens is 1. The van der Waals surface area contributed by atoms with Crippen molar-refractivity contribution in [2.45, 2.75) is 13.8 Å². The van der Waals surface area contributed by atoms with Crippen LogP contribution in [0.2, 0.25) is 0 Å². The molecule has 0 spiro atoms. The van der Waals surface area contributed by atoms with Gasteiger partial charge in [0, 0.05) is 49.3 Å². The van der Waals surface area contributed by atoms with E-state index in [4.69, 9.17) is 0 Å². The van der Waals surface area contributed by atoms with E-state index in [1.54, 1.807) is 10.9 Å². The van der Waals surface area contributed by atoms with Crippen molar-refractivity contribution in [2.75, 3.05) is 26.2 Å². The van der Waals surface area contributed by atoms with Crippen LogP contribution in [0.3, 0.4) is 0 Å². The fourth-order valence-corrected chi connectivity index (χ4v) is 3.71. The SMILES string of the molecule is CC(C)C(=O)N1C[C@@H]2CN(C(=O)c3cscn3)C[C@H]2C1. The van der Waals surface area contributed by atoms with Crippen molar-refractivity contribution in [1.82, 2.24) is 14.8 Å². The molecular weight excluding hydrogens is 274 g/mol. The van der Waals surface area contributed by atoms with Gasteiger partial charge in [0.15, 0.2) is 0 Å². The number of amides is 2. The summed E-state index contributed by atoms with van der Waals surface area (Å²) >= 11 is 1.44. The molecule has 1 aromatic heterocycles. The van der Waals surface area contributed by atoms with Gasteiger partial charge in [0.1, 0.15) is 5.69 Å². The van der Waals surface area contributed by atoms with Crippen LogP contribution in [-0.2, 0) is 4.79 Å². The smallest absolute Gasteiger partial charge is 0.273 e. The largest absolute Gasteiger partial charge is 0.342 e. The molecule has 0 saturated carbocycles. The second kappa shape index (κ2) is 5.16. The number of thiazole rings is 1. The minimum atomic E-state index is 0.0300. The zero-order valence-corrected chi connectivity index (χ0v) is 12.6. The maximum absolute atomic E-state index is 12.3. The van der Waals surface area contributed by atoms with E-state index in [1.165, 1.54) is 11.3 Å². The van der Waals surface area contributed by atoms with Crippen LogP contribution in [0.15, 0.2) is 10.9 Å². The summed E-state index contributed by atoms with van der Waals surface area (Å²) < 4.78 is 0. The van der Waals surface area contributed by atoms with Gasteiger partial charge >= 0.3 is 0 Å². The molecule has 0 radical (unpaired) electrons. The van der Waals surface area contributed by atoms with Crippen LogP contribution in [0.5, 0.6) is 0 Å². The number of carbonyl (C=O) groups excluding carboxylic acids is 2. The normalized spacial score (nSPS) is 25.4. The summed E-state index contributed by atoms with van der Waals surface area (Å²) in [6, 6.07) is 0. The Bertz CT molecular complexity index is 500. The zero-order valence-electron chi connectivity index (χ0n) is 11.8. The van der Waals surface area contributed by atoms with Gasteiger partial charge in [-0.25, -0.2) is 4.98 Å². The Morgan fingerprint density at radius 1 is 1.20 bits per heavy atom. The van der Waals surface area contributed by atoms with Crippen LogP contribution in [0.25, 0.3) is 0 Å². The summed E-state index contributed by atoms with van der Waals surface area (Å²) in [7, 11) is 0. The number of rotatable bonds is 2. The van der Waals surface area contributed by atoms with Gasteiger partial charge in [0.05, 0.1) is 5.51 Å². The summed E-state index contributed by atoms with van der Waals surface area (Å²) in [5.41, 5.74) is 2.23. The third-order valence-electron chi connectivity index (χ3n) is 4.23. The van der Waals surface area contributed by atoms with Gasteiger partial charge in [-0.3, -0.25) is 9.59 Å². The van der Waals surface area contributed by atoms with E-state index < -0.39 is 0 Å². The lowest BCUT2D eigenvalue weighted by Crippen LogP contribution is -2.37. The van der Waals surface area contributed by atoms with Crippen LogP contribution in [0, 0.1) is 17.8 Å². The molecule has 2 saturated heterocycles. The third-order valence-corrected chi connectivity index (χ3v) is 4.82. The Labute approximate surface area is 122 Å². The lowest BCUT2D eigenvalue weighted by Gasteiger charge is -2.22. The van der Waals surface area contributed by atoms with E-state index in [9.17, 15) is 9.59 Å². The summed E-state index contributed by atoms with van der Waals surface area (Å²) in [5.74, 6) is 1.18. The van der Waals surface area contributed by atoms with Crippen LogP contribution in [0.1, 0.15) is 24.3 Å². The van der Waals surface area contributed by atoms with Crippen molar-refractivity contribution in [3.05, 3.63) is 16.6 Å². The van der Waals surface area contributed by atoms with Gasteiger partial charge < -0.3 is 9.80 Å². The minimum Gasteiger partial charge on any atom is -0.342 e. The average molecular weight is 293 g/mol. The molecule has 20 heavy (non-hydrogen) atoms. The highest BCUT2D eigenvalue weighted by Crippen LogP contribution is 2.32.